The van der Waals surface area contributed by atoms with Crippen LogP contribution in [0.1, 0.15) is 44.1 Å². The molecule has 2 heteroatoms. The van der Waals surface area contributed by atoms with E-state index in [2.05, 4.69) is 41.4 Å². The first-order chi connectivity index (χ1) is 9.81. The van der Waals surface area contributed by atoms with Crippen LogP contribution in [0.2, 0.25) is 0 Å². The van der Waals surface area contributed by atoms with E-state index in [9.17, 15) is 0 Å². The molecule has 0 saturated heterocycles. The van der Waals surface area contributed by atoms with Gasteiger partial charge in [-0.3, -0.25) is 0 Å². The summed E-state index contributed by atoms with van der Waals surface area (Å²) in [4.78, 5) is 0. The highest BCUT2D eigenvalue weighted by atomic mass is 35.5. The van der Waals surface area contributed by atoms with E-state index in [-0.39, 0.29) is 12.4 Å². The first-order valence-corrected chi connectivity index (χ1v) is 8.20. The van der Waals surface area contributed by atoms with Crippen molar-refractivity contribution in [1.82, 2.24) is 0 Å². The molecular formula is C19H24ClN. The quantitative estimate of drug-likeness (QED) is 0.714. The fraction of sp³-hybridized carbons (Fsp3) is 0.579. The van der Waals surface area contributed by atoms with Crippen LogP contribution in [0.5, 0.6) is 0 Å². The van der Waals surface area contributed by atoms with Crippen molar-refractivity contribution in [3.05, 3.63) is 35.9 Å². The average Bonchev–Trinajstić information content (AvgIpc) is 2.43. The Bertz CT molecular complexity index is 504. The van der Waals surface area contributed by atoms with E-state index < -0.39 is 0 Å². The van der Waals surface area contributed by atoms with E-state index in [1.807, 2.05) is 6.07 Å². The van der Waals surface area contributed by atoms with Gasteiger partial charge in [-0.1, -0.05) is 24.1 Å². The predicted molar refractivity (Wildman–Crippen MR) is 81.0 cm³/mol. The lowest BCUT2D eigenvalue weighted by molar-refractivity contribution is -0.730. The van der Waals surface area contributed by atoms with E-state index in [0.29, 0.717) is 5.54 Å². The molecule has 4 bridgehead atoms. The van der Waals surface area contributed by atoms with Crippen LogP contribution in [0.25, 0.3) is 0 Å². The molecule has 0 atom stereocenters. The van der Waals surface area contributed by atoms with Gasteiger partial charge in [0.2, 0.25) is 0 Å². The number of halogens is 1. The molecule has 21 heavy (non-hydrogen) atoms. The van der Waals surface area contributed by atoms with E-state index >= 15 is 0 Å². The van der Waals surface area contributed by atoms with Gasteiger partial charge in [0.25, 0.3) is 0 Å². The standard InChI is InChI=1S/C19H23N.ClH/c1-2-5-15(6-3-1)7-4-8-20-19-12-16-9-17(13-19)11-18(10-16)14-19;/h1-3,5-6,16-18,20H,8-14H2;1H. The number of hydrogen-bond donors (Lipinski definition) is 1. The van der Waals surface area contributed by atoms with E-state index in [0.717, 1.165) is 29.9 Å². The van der Waals surface area contributed by atoms with Gasteiger partial charge in [-0.25, -0.2) is 0 Å². The molecule has 0 heterocycles. The molecular weight excluding hydrogens is 278 g/mol. The smallest absolute Gasteiger partial charge is 0.138 e. The second kappa shape index (κ2) is 6.03. The van der Waals surface area contributed by atoms with Crippen LogP contribution in [0.3, 0.4) is 0 Å². The van der Waals surface area contributed by atoms with Crippen LogP contribution in [0, 0.1) is 29.6 Å². The van der Waals surface area contributed by atoms with E-state index in [1.54, 1.807) is 0 Å². The van der Waals surface area contributed by atoms with Crippen molar-refractivity contribution in [2.75, 3.05) is 6.54 Å². The van der Waals surface area contributed by atoms with Crippen LogP contribution in [0.4, 0.5) is 0 Å². The Morgan fingerprint density at radius 3 is 2.10 bits per heavy atom. The highest BCUT2D eigenvalue weighted by Gasteiger charge is 2.53. The Kier molecular flexibility index (Phi) is 4.29. The van der Waals surface area contributed by atoms with Gasteiger partial charge < -0.3 is 17.7 Å². The van der Waals surface area contributed by atoms with Crippen LogP contribution in [0.15, 0.2) is 30.3 Å². The molecule has 0 amide bonds. The van der Waals surface area contributed by atoms with E-state index in [1.165, 1.54) is 38.5 Å². The fourth-order valence-electron chi connectivity index (χ4n) is 5.37. The molecule has 0 aliphatic heterocycles. The molecule has 2 N–H and O–H groups in total. The Balaban J connectivity index is 0.00000132. The summed E-state index contributed by atoms with van der Waals surface area (Å²) >= 11 is 0. The molecule has 4 fully saturated rings. The Morgan fingerprint density at radius 1 is 0.952 bits per heavy atom. The Labute approximate surface area is 134 Å². The summed E-state index contributed by atoms with van der Waals surface area (Å²) in [5.41, 5.74) is 1.71. The van der Waals surface area contributed by atoms with Crippen LogP contribution < -0.4 is 17.7 Å². The van der Waals surface area contributed by atoms with Crippen molar-refractivity contribution < 1.29 is 17.7 Å². The third kappa shape index (κ3) is 3.12. The zero-order valence-corrected chi connectivity index (χ0v) is 13.3. The summed E-state index contributed by atoms with van der Waals surface area (Å²) in [5.74, 6) is 9.79. The molecule has 4 aliphatic carbocycles. The highest BCUT2D eigenvalue weighted by Crippen LogP contribution is 2.54. The lowest BCUT2D eigenvalue weighted by Crippen LogP contribution is -3.00. The van der Waals surface area contributed by atoms with Gasteiger partial charge in [-0.05, 0) is 55.1 Å². The van der Waals surface area contributed by atoms with Crippen molar-refractivity contribution in [3.63, 3.8) is 0 Å². The zero-order chi connectivity index (χ0) is 13.4. The summed E-state index contributed by atoms with van der Waals surface area (Å²) in [6.45, 7) is 0.973. The number of rotatable bonds is 2. The zero-order valence-electron chi connectivity index (χ0n) is 12.5. The molecule has 0 aromatic heterocycles. The minimum atomic E-state index is 0. The van der Waals surface area contributed by atoms with E-state index in [4.69, 9.17) is 0 Å². The maximum absolute atomic E-state index is 3.37. The van der Waals surface area contributed by atoms with Gasteiger partial charge in [0.15, 0.2) is 0 Å². The molecule has 4 saturated carbocycles. The summed E-state index contributed by atoms with van der Waals surface area (Å²) in [6.07, 6.45) is 8.98. The normalized spacial score (nSPS) is 35.7. The largest absolute Gasteiger partial charge is 1.00 e. The van der Waals surface area contributed by atoms with Gasteiger partial charge in [-0.15, -0.1) is 0 Å². The molecule has 0 radical (unpaired) electrons. The van der Waals surface area contributed by atoms with Crippen LogP contribution in [-0.4, -0.2) is 12.1 Å². The Hall–Kier alpha value is -0.970. The summed E-state index contributed by atoms with van der Waals surface area (Å²) < 4.78 is 0. The van der Waals surface area contributed by atoms with Gasteiger partial charge in [0.05, 0.1) is 5.54 Å². The second-order valence-electron chi connectivity index (χ2n) is 7.36. The molecule has 112 valence electrons. The fourth-order valence-corrected chi connectivity index (χ4v) is 5.37. The maximum Gasteiger partial charge on any atom is 0.138 e. The molecule has 0 spiro atoms. The third-order valence-electron chi connectivity index (χ3n) is 5.73. The Morgan fingerprint density at radius 2 is 1.52 bits per heavy atom. The van der Waals surface area contributed by atoms with Crippen molar-refractivity contribution in [1.29, 1.82) is 0 Å². The van der Waals surface area contributed by atoms with Crippen molar-refractivity contribution in [2.24, 2.45) is 17.8 Å². The van der Waals surface area contributed by atoms with Crippen molar-refractivity contribution in [2.45, 2.75) is 44.1 Å². The summed E-state index contributed by atoms with van der Waals surface area (Å²) in [5, 5.41) is 2.59. The first kappa shape index (κ1) is 14.9. The van der Waals surface area contributed by atoms with Crippen molar-refractivity contribution >= 4 is 0 Å². The summed E-state index contributed by atoms with van der Waals surface area (Å²) in [6, 6.07) is 10.4. The lowest BCUT2D eigenvalue weighted by Gasteiger charge is -2.54. The molecule has 4 aliphatic rings. The molecule has 1 nitrogen and oxygen atoms in total. The molecule has 1 aromatic carbocycles. The first-order valence-electron chi connectivity index (χ1n) is 8.20. The van der Waals surface area contributed by atoms with Crippen LogP contribution in [-0.2, 0) is 0 Å². The lowest BCUT2D eigenvalue weighted by atomic mass is 9.53. The van der Waals surface area contributed by atoms with Gasteiger partial charge in [-0.2, -0.15) is 0 Å². The minimum Gasteiger partial charge on any atom is -1.00 e. The highest BCUT2D eigenvalue weighted by molar-refractivity contribution is 5.33. The van der Waals surface area contributed by atoms with Crippen LogP contribution >= 0.6 is 0 Å². The molecule has 1 aromatic rings. The van der Waals surface area contributed by atoms with Gasteiger partial charge in [0, 0.05) is 24.8 Å². The summed E-state index contributed by atoms with van der Waals surface area (Å²) in [7, 11) is 0. The number of nitrogens with two attached hydrogens (primary N) is 1. The van der Waals surface area contributed by atoms with Crippen molar-refractivity contribution in [3.8, 4) is 11.8 Å². The third-order valence-corrected chi connectivity index (χ3v) is 5.73. The molecule has 5 rings (SSSR count). The van der Waals surface area contributed by atoms with Gasteiger partial charge >= 0.3 is 0 Å². The number of benzene rings is 1. The minimum absolute atomic E-state index is 0. The van der Waals surface area contributed by atoms with Gasteiger partial charge in [0.1, 0.15) is 6.54 Å². The maximum atomic E-state index is 3.37. The topological polar surface area (TPSA) is 16.6 Å². The molecule has 0 unspecified atom stereocenters. The SMILES string of the molecule is C(#Cc1ccccc1)C[NH2+]C12CC3CC(CC(C3)C1)C2.[Cl-]. The predicted octanol–water partition coefficient (Wildman–Crippen LogP) is -0.426. The second-order valence-corrected chi connectivity index (χ2v) is 7.36. The number of hydrogen-bond acceptors (Lipinski definition) is 0. The average molecular weight is 302 g/mol. The monoisotopic (exact) mass is 301 g/mol. The number of quaternary nitrogens is 1.